The maximum atomic E-state index is 5.71. The number of anilines is 1. The van der Waals surface area contributed by atoms with Gasteiger partial charge in [-0.3, -0.25) is 0 Å². The van der Waals surface area contributed by atoms with Crippen LogP contribution >= 0.6 is 22.6 Å². The highest BCUT2D eigenvalue weighted by Gasteiger charge is 2.08. The van der Waals surface area contributed by atoms with Gasteiger partial charge in [-0.25, -0.2) is 4.98 Å². The van der Waals surface area contributed by atoms with E-state index in [9.17, 15) is 0 Å². The minimum atomic E-state index is 0.629. The Morgan fingerprint density at radius 1 is 1.12 bits per heavy atom. The van der Waals surface area contributed by atoms with Crippen LogP contribution in [-0.2, 0) is 0 Å². The van der Waals surface area contributed by atoms with Gasteiger partial charge in [0.15, 0.2) is 5.58 Å². The quantitative estimate of drug-likeness (QED) is 0.545. The first-order valence-corrected chi connectivity index (χ1v) is 6.22. The number of hydrogen-bond donors (Lipinski definition) is 1. The number of oxazole rings is 1. The van der Waals surface area contributed by atoms with Crippen molar-refractivity contribution in [3.05, 3.63) is 46.0 Å². The molecule has 0 saturated heterocycles. The second kappa shape index (κ2) is 4.03. The number of aromatic nitrogens is 1. The molecule has 1 aromatic heterocycles. The Hall–Kier alpha value is -1.56. The fraction of sp³-hybridized carbons (Fsp3) is 0. The topological polar surface area (TPSA) is 52.0 Å². The van der Waals surface area contributed by atoms with Gasteiger partial charge in [0.05, 0.1) is 0 Å². The molecular weight excluding hydrogens is 327 g/mol. The lowest BCUT2D eigenvalue weighted by molar-refractivity contribution is 0.620. The number of benzene rings is 2. The van der Waals surface area contributed by atoms with E-state index in [1.165, 1.54) is 0 Å². The van der Waals surface area contributed by atoms with Crippen molar-refractivity contribution in [1.82, 2.24) is 4.98 Å². The van der Waals surface area contributed by atoms with Crippen LogP contribution in [0.4, 0.5) is 5.69 Å². The Bertz CT molecular complexity index is 691. The molecule has 0 atom stereocenters. The minimum absolute atomic E-state index is 0.629. The summed E-state index contributed by atoms with van der Waals surface area (Å²) in [6, 6.07) is 13.5. The number of nitrogens with zero attached hydrogens (tertiary/aromatic N) is 1. The van der Waals surface area contributed by atoms with E-state index in [2.05, 4.69) is 27.6 Å². The van der Waals surface area contributed by atoms with Gasteiger partial charge in [0.1, 0.15) is 5.52 Å². The second-order valence-corrected chi connectivity index (χ2v) is 5.00. The molecule has 2 N–H and O–H groups in total. The van der Waals surface area contributed by atoms with E-state index >= 15 is 0 Å². The minimum Gasteiger partial charge on any atom is -0.436 e. The third-order valence-electron chi connectivity index (χ3n) is 2.48. The predicted molar refractivity (Wildman–Crippen MR) is 76.6 cm³/mol. The van der Waals surface area contributed by atoms with E-state index in [1.54, 1.807) is 6.07 Å². The smallest absolute Gasteiger partial charge is 0.227 e. The molecule has 0 radical (unpaired) electrons. The summed E-state index contributed by atoms with van der Waals surface area (Å²) in [5.41, 5.74) is 8.92. The van der Waals surface area contributed by atoms with Gasteiger partial charge in [0.25, 0.3) is 0 Å². The van der Waals surface area contributed by atoms with Crippen molar-refractivity contribution in [2.24, 2.45) is 0 Å². The molecule has 0 aliphatic rings. The highest BCUT2D eigenvalue weighted by atomic mass is 127. The van der Waals surface area contributed by atoms with E-state index in [4.69, 9.17) is 10.2 Å². The number of nitrogens with two attached hydrogens (primary N) is 1. The first kappa shape index (κ1) is 10.6. The van der Waals surface area contributed by atoms with Gasteiger partial charge in [-0.1, -0.05) is 6.07 Å². The van der Waals surface area contributed by atoms with Crippen LogP contribution in [0.1, 0.15) is 0 Å². The first-order valence-electron chi connectivity index (χ1n) is 5.14. The molecule has 17 heavy (non-hydrogen) atoms. The molecule has 0 aliphatic heterocycles. The molecule has 1 heterocycles. The van der Waals surface area contributed by atoms with Crippen LogP contribution in [0.25, 0.3) is 22.6 Å². The monoisotopic (exact) mass is 336 g/mol. The molecule has 0 bridgehead atoms. The molecule has 3 rings (SSSR count). The molecular formula is C13H9IN2O. The molecule has 3 aromatic rings. The lowest BCUT2D eigenvalue weighted by Crippen LogP contribution is -1.81. The van der Waals surface area contributed by atoms with Crippen LogP contribution in [0.15, 0.2) is 46.9 Å². The summed E-state index contributed by atoms with van der Waals surface area (Å²) >= 11 is 2.27. The highest BCUT2D eigenvalue weighted by Crippen LogP contribution is 2.26. The van der Waals surface area contributed by atoms with Crippen LogP contribution in [0, 0.1) is 3.57 Å². The Labute approximate surface area is 112 Å². The van der Waals surface area contributed by atoms with Crippen LogP contribution in [0.5, 0.6) is 0 Å². The first-order chi connectivity index (χ1) is 8.22. The molecule has 3 nitrogen and oxygen atoms in total. The van der Waals surface area contributed by atoms with Gasteiger partial charge in [0, 0.05) is 20.9 Å². The third-order valence-corrected chi connectivity index (χ3v) is 3.16. The summed E-state index contributed by atoms with van der Waals surface area (Å²) in [7, 11) is 0. The number of fused-ring (bicyclic) bond motifs is 1. The van der Waals surface area contributed by atoms with Gasteiger partial charge in [-0.15, -0.1) is 0 Å². The Morgan fingerprint density at radius 3 is 2.82 bits per heavy atom. The maximum absolute atomic E-state index is 5.71. The van der Waals surface area contributed by atoms with E-state index < -0.39 is 0 Å². The van der Waals surface area contributed by atoms with Crippen LogP contribution in [-0.4, -0.2) is 4.98 Å². The lowest BCUT2D eigenvalue weighted by atomic mass is 10.2. The summed E-state index contributed by atoms with van der Waals surface area (Å²) < 4.78 is 6.85. The van der Waals surface area contributed by atoms with Crippen molar-refractivity contribution >= 4 is 39.4 Å². The molecule has 4 heteroatoms. The molecule has 0 spiro atoms. The zero-order valence-corrected chi connectivity index (χ0v) is 11.0. The van der Waals surface area contributed by atoms with Gasteiger partial charge in [-0.05, 0) is 52.9 Å². The van der Waals surface area contributed by atoms with Crippen molar-refractivity contribution in [3.8, 4) is 11.5 Å². The largest absolute Gasteiger partial charge is 0.436 e. The van der Waals surface area contributed by atoms with Crippen molar-refractivity contribution in [3.63, 3.8) is 0 Å². The molecule has 0 unspecified atom stereocenters. The Morgan fingerprint density at radius 2 is 2.00 bits per heavy atom. The van der Waals surface area contributed by atoms with Crippen LogP contribution < -0.4 is 5.73 Å². The Kier molecular flexibility index (Phi) is 2.51. The SMILES string of the molecule is Nc1ccc2nc(-c3cccc(I)c3)oc2c1. The normalized spacial score (nSPS) is 10.9. The lowest BCUT2D eigenvalue weighted by Gasteiger charge is -1.95. The van der Waals surface area contributed by atoms with Gasteiger partial charge < -0.3 is 10.2 Å². The standard InChI is InChI=1S/C13H9IN2O/c14-9-3-1-2-8(6-9)13-16-11-5-4-10(15)7-12(11)17-13/h1-7H,15H2. The number of nitrogen functional groups attached to an aromatic ring is 1. The molecule has 0 aliphatic carbocycles. The highest BCUT2D eigenvalue weighted by molar-refractivity contribution is 14.1. The van der Waals surface area contributed by atoms with Crippen molar-refractivity contribution in [2.45, 2.75) is 0 Å². The zero-order chi connectivity index (χ0) is 11.8. The van der Waals surface area contributed by atoms with Crippen molar-refractivity contribution < 1.29 is 4.42 Å². The third kappa shape index (κ3) is 2.00. The van der Waals surface area contributed by atoms with Gasteiger partial charge >= 0.3 is 0 Å². The van der Waals surface area contributed by atoms with Crippen LogP contribution in [0.3, 0.4) is 0 Å². The summed E-state index contributed by atoms with van der Waals surface area (Å²) in [6.07, 6.45) is 0. The number of halogens is 1. The molecule has 0 fully saturated rings. The average Bonchev–Trinajstić information content (AvgIpc) is 2.72. The maximum Gasteiger partial charge on any atom is 0.227 e. The van der Waals surface area contributed by atoms with Crippen LogP contribution in [0.2, 0.25) is 0 Å². The molecule has 2 aromatic carbocycles. The molecule has 0 amide bonds. The van der Waals surface area contributed by atoms with E-state index in [0.717, 1.165) is 20.2 Å². The van der Waals surface area contributed by atoms with E-state index in [1.807, 2.05) is 36.4 Å². The van der Waals surface area contributed by atoms with E-state index in [0.29, 0.717) is 11.6 Å². The summed E-state index contributed by atoms with van der Waals surface area (Å²) in [6.45, 7) is 0. The van der Waals surface area contributed by atoms with Gasteiger partial charge in [0.2, 0.25) is 5.89 Å². The van der Waals surface area contributed by atoms with Crippen molar-refractivity contribution in [2.75, 3.05) is 5.73 Å². The predicted octanol–water partition coefficient (Wildman–Crippen LogP) is 3.68. The fourth-order valence-electron chi connectivity index (χ4n) is 1.69. The van der Waals surface area contributed by atoms with Crippen molar-refractivity contribution in [1.29, 1.82) is 0 Å². The average molecular weight is 336 g/mol. The summed E-state index contributed by atoms with van der Waals surface area (Å²) in [5, 5.41) is 0. The second-order valence-electron chi connectivity index (χ2n) is 3.76. The zero-order valence-electron chi connectivity index (χ0n) is 8.85. The molecule has 0 saturated carbocycles. The Balaban J connectivity index is 2.18. The number of rotatable bonds is 1. The summed E-state index contributed by atoms with van der Waals surface area (Å²) in [4.78, 5) is 4.44. The fourth-order valence-corrected chi connectivity index (χ4v) is 2.23. The summed E-state index contributed by atoms with van der Waals surface area (Å²) in [5.74, 6) is 0.629. The number of hydrogen-bond acceptors (Lipinski definition) is 3. The van der Waals surface area contributed by atoms with E-state index in [-0.39, 0.29) is 0 Å². The molecule has 84 valence electrons. The van der Waals surface area contributed by atoms with Gasteiger partial charge in [-0.2, -0.15) is 0 Å².